The van der Waals surface area contributed by atoms with Crippen molar-refractivity contribution in [2.45, 2.75) is 13.5 Å². The number of imidazole rings is 1. The Kier molecular flexibility index (Phi) is 5.91. The van der Waals surface area contributed by atoms with Gasteiger partial charge in [0, 0.05) is 42.8 Å². The minimum absolute atomic E-state index is 0.0395. The predicted molar refractivity (Wildman–Crippen MR) is 127 cm³/mol. The first kappa shape index (κ1) is 21.0. The molecule has 4 heterocycles. The fourth-order valence-corrected chi connectivity index (χ4v) is 3.87. The van der Waals surface area contributed by atoms with Gasteiger partial charge in [0.15, 0.2) is 11.4 Å². The van der Waals surface area contributed by atoms with Crippen LogP contribution in [0.2, 0.25) is 0 Å². The van der Waals surface area contributed by atoms with E-state index in [0.717, 1.165) is 46.9 Å². The maximum Gasteiger partial charge on any atom is 0.177 e. The topological polar surface area (TPSA) is 85.0 Å². The molecule has 33 heavy (non-hydrogen) atoms. The summed E-state index contributed by atoms with van der Waals surface area (Å²) in [5.74, 6) is 0.0395. The van der Waals surface area contributed by atoms with Gasteiger partial charge in [0.05, 0.1) is 43.0 Å². The third kappa shape index (κ3) is 4.65. The van der Waals surface area contributed by atoms with E-state index in [1.165, 1.54) is 0 Å². The lowest BCUT2D eigenvalue weighted by molar-refractivity contribution is 0.101. The van der Waals surface area contributed by atoms with Crippen molar-refractivity contribution < 1.29 is 9.53 Å². The van der Waals surface area contributed by atoms with Crippen molar-refractivity contribution in [3.05, 3.63) is 77.9 Å². The van der Waals surface area contributed by atoms with Gasteiger partial charge in [-0.25, -0.2) is 9.50 Å². The number of morpholine rings is 1. The summed E-state index contributed by atoms with van der Waals surface area (Å²) in [6, 6.07) is 13.4. The van der Waals surface area contributed by atoms with Crippen LogP contribution in [0.15, 0.2) is 66.0 Å². The molecule has 0 radical (unpaired) electrons. The zero-order valence-electron chi connectivity index (χ0n) is 18.4. The molecule has 0 atom stereocenters. The highest BCUT2D eigenvalue weighted by molar-refractivity contribution is 5.96. The van der Waals surface area contributed by atoms with E-state index >= 15 is 0 Å². The molecule has 0 amide bonds. The molecule has 0 N–H and O–H groups in total. The lowest BCUT2D eigenvalue weighted by Gasteiger charge is -2.29. The lowest BCUT2D eigenvalue weighted by atomic mass is 10.1. The van der Waals surface area contributed by atoms with Crippen molar-refractivity contribution >= 4 is 23.3 Å². The number of aromatic nitrogens is 4. The molecule has 3 aromatic heterocycles. The standard InChI is InChI=1S/C25H24N6O2/c1-18(32)21-4-2-3-19(13-21)15-27-16-22-14-24(30-9-11-33-12-10-30)25-28-23(17-31(25)29-22)20-5-7-26-8-6-20/h2-8,13-15,17H,9-12,16H2,1H3. The summed E-state index contributed by atoms with van der Waals surface area (Å²) in [5.41, 5.74) is 6.08. The first-order valence-electron chi connectivity index (χ1n) is 10.9. The molecule has 1 aliphatic heterocycles. The number of aliphatic imine (C=N–C) groups is 1. The predicted octanol–water partition coefficient (Wildman–Crippen LogP) is 3.45. The maximum atomic E-state index is 11.6. The summed E-state index contributed by atoms with van der Waals surface area (Å²) in [4.78, 5) is 27.5. The third-order valence-corrected chi connectivity index (χ3v) is 5.57. The number of carbonyl (C=O) groups is 1. The van der Waals surface area contributed by atoms with Crippen molar-refractivity contribution in [2.75, 3.05) is 31.2 Å². The number of benzene rings is 1. The molecule has 8 nitrogen and oxygen atoms in total. The van der Waals surface area contributed by atoms with Crippen molar-refractivity contribution in [3.8, 4) is 11.3 Å². The molecule has 1 saturated heterocycles. The van der Waals surface area contributed by atoms with E-state index in [-0.39, 0.29) is 5.78 Å². The Balaban J connectivity index is 1.48. The molecule has 4 aromatic rings. The van der Waals surface area contributed by atoms with Gasteiger partial charge in [-0.15, -0.1) is 0 Å². The van der Waals surface area contributed by atoms with Gasteiger partial charge in [-0.1, -0.05) is 18.2 Å². The summed E-state index contributed by atoms with van der Waals surface area (Å²) < 4.78 is 7.37. The largest absolute Gasteiger partial charge is 0.378 e. The number of fused-ring (bicyclic) bond motifs is 1. The average Bonchev–Trinajstić information content (AvgIpc) is 3.29. The van der Waals surface area contributed by atoms with E-state index in [2.05, 4.69) is 20.9 Å². The van der Waals surface area contributed by atoms with Gasteiger partial charge in [-0.3, -0.25) is 14.8 Å². The highest BCUT2D eigenvalue weighted by Gasteiger charge is 2.18. The highest BCUT2D eigenvalue weighted by Crippen LogP contribution is 2.26. The van der Waals surface area contributed by atoms with Crippen LogP contribution in [0.4, 0.5) is 5.69 Å². The molecule has 1 aromatic carbocycles. The second-order valence-electron chi connectivity index (χ2n) is 7.90. The number of pyridine rings is 1. The number of ketones is 1. The number of hydrogen-bond donors (Lipinski definition) is 0. The van der Waals surface area contributed by atoms with E-state index in [1.807, 2.05) is 47.1 Å². The van der Waals surface area contributed by atoms with Crippen LogP contribution in [0.25, 0.3) is 16.9 Å². The minimum Gasteiger partial charge on any atom is -0.378 e. The molecule has 5 rings (SSSR count). The van der Waals surface area contributed by atoms with Crippen molar-refractivity contribution in [3.63, 3.8) is 0 Å². The Bertz CT molecular complexity index is 1310. The molecule has 1 aliphatic rings. The molecule has 0 spiro atoms. The van der Waals surface area contributed by atoms with Gasteiger partial charge in [0.2, 0.25) is 0 Å². The molecule has 0 aliphatic carbocycles. The number of carbonyl (C=O) groups excluding carboxylic acids is 1. The van der Waals surface area contributed by atoms with E-state index in [9.17, 15) is 4.79 Å². The third-order valence-electron chi connectivity index (χ3n) is 5.57. The van der Waals surface area contributed by atoms with E-state index in [1.54, 1.807) is 25.5 Å². The lowest BCUT2D eigenvalue weighted by Crippen LogP contribution is -2.36. The number of anilines is 1. The van der Waals surface area contributed by atoms with Gasteiger partial charge in [0.1, 0.15) is 0 Å². The Morgan fingerprint density at radius 1 is 1.15 bits per heavy atom. The van der Waals surface area contributed by atoms with Crippen LogP contribution < -0.4 is 4.90 Å². The Hall–Kier alpha value is -3.91. The van der Waals surface area contributed by atoms with Gasteiger partial charge >= 0.3 is 0 Å². The molecule has 1 fully saturated rings. The Labute approximate surface area is 191 Å². The van der Waals surface area contributed by atoms with Crippen LogP contribution in [-0.2, 0) is 11.3 Å². The van der Waals surface area contributed by atoms with Crippen LogP contribution in [0.1, 0.15) is 28.5 Å². The zero-order chi connectivity index (χ0) is 22.6. The van der Waals surface area contributed by atoms with Crippen LogP contribution in [0.3, 0.4) is 0 Å². The number of Topliss-reactive ketones (excluding diaryl/α,β-unsaturated/α-hetero) is 1. The Morgan fingerprint density at radius 3 is 2.76 bits per heavy atom. The van der Waals surface area contributed by atoms with Crippen LogP contribution in [-0.4, -0.2) is 57.9 Å². The minimum atomic E-state index is 0.0395. The van der Waals surface area contributed by atoms with Crippen LogP contribution in [0, 0.1) is 0 Å². The fraction of sp³-hybridized carbons (Fsp3) is 0.240. The summed E-state index contributed by atoms with van der Waals surface area (Å²) in [7, 11) is 0. The second kappa shape index (κ2) is 9.30. The smallest absolute Gasteiger partial charge is 0.177 e. The molecular weight excluding hydrogens is 416 g/mol. The second-order valence-corrected chi connectivity index (χ2v) is 7.90. The van der Waals surface area contributed by atoms with Crippen molar-refractivity contribution in [1.29, 1.82) is 0 Å². The molecule has 166 valence electrons. The van der Waals surface area contributed by atoms with Gasteiger partial charge in [0.25, 0.3) is 0 Å². The Morgan fingerprint density at radius 2 is 1.97 bits per heavy atom. The number of ether oxygens (including phenoxy) is 1. The molecule has 0 unspecified atom stereocenters. The average molecular weight is 441 g/mol. The van der Waals surface area contributed by atoms with E-state index in [0.29, 0.717) is 25.3 Å². The fourth-order valence-electron chi connectivity index (χ4n) is 3.87. The zero-order valence-corrected chi connectivity index (χ0v) is 18.4. The van der Waals surface area contributed by atoms with Gasteiger partial charge in [-0.05, 0) is 36.8 Å². The van der Waals surface area contributed by atoms with Crippen LogP contribution >= 0.6 is 0 Å². The first-order chi connectivity index (χ1) is 16.2. The highest BCUT2D eigenvalue weighted by atomic mass is 16.5. The van der Waals surface area contributed by atoms with E-state index in [4.69, 9.17) is 14.8 Å². The number of rotatable bonds is 6. The normalized spacial score (nSPS) is 14.3. The number of hydrogen-bond acceptors (Lipinski definition) is 7. The summed E-state index contributed by atoms with van der Waals surface area (Å²) in [5, 5.41) is 4.77. The molecule has 0 bridgehead atoms. The number of nitrogens with zero attached hydrogens (tertiary/aromatic N) is 6. The van der Waals surface area contributed by atoms with Gasteiger partial charge < -0.3 is 9.64 Å². The quantitative estimate of drug-likeness (QED) is 0.337. The summed E-state index contributed by atoms with van der Waals surface area (Å²) in [6.07, 6.45) is 7.25. The SMILES string of the molecule is CC(=O)c1cccc(C=NCc2cc(N3CCOCC3)c3nc(-c4ccncc4)cn3n2)c1. The molecule has 0 saturated carbocycles. The van der Waals surface area contributed by atoms with E-state index < -0.39 is 0 Å². The maximum absolute atomic E-state index is 11.6. The molecular formula is C25H24N6O2. The van der Waals surface area contributed by atoms with Crippen LogP contribution in [0.5, 0.6) is 0 Å². The van der Waals surface area contributed by atoms with Crippen molar-refractivity contribution in [1.82, 2.24) is 19.6 Å². The first-order valence-corrected chi connectivity index (χ1v) is 10.9. The van der Waals surface area contributed by atoms with Gasteiger partial charge in [-0.2, -0.15) is 5.10 Å². The monoisotopic (exact) mass is 440 g/mol. The summed E-state index contributed by atoms with van der Waals surface area (Å²) >= 11 is 0. The van der Waals surface area contributed by atoms with Crippen molar-refractivity contribution in [2.24, 2.45) is 4.99 Å². The summed E-state index contributed by atoms with van der Waals surface area (Å²) in [6.45, 7) is 4.96. The molecule has 8 heteroatoms.